The van der Waals surface area contributed by atoms with Gasteiger partial charge in [0.05, 0.1) is 10.5 Å². The minimum absolute atomic E-state index is 0.0529. The van der Waals surface area contributed by atoms with Gasteiger partial charge in [-0.15, -0.1) is 0 Å². The molecule has 0 radical (unpaired) electrons. The second-order valence-electron chi connectivity index (χ2n) is 4.27. The molecule has 0 unspecified atom stereocenters. The Labute approximate surface area is 119 Å². The number of phenols is 1. The lowest BCUT2D eigenvalue weighted by molar-refractivity contribution is -0.384. The minimum atomic E-state index is -0.650. The molecule has 21 heavy (non-hydrogen) atoms. The fraction of sp³-hybridized carbons (Fsp3) is 0.0714. The standard InChI is InChI=1S/C14H11FN2O4/c15-10-4-5-12(13(18)7-10)14(19)16-8-9-2-1-3-11(6-9)17(20)21/h1-7,18H,8H2,(H,16,19). The van der Waals surface area contributed by atoms with Crippen LogP contribution in [-0.2, 0) is 6.54 Å². The van der Waals surface area contributed by atoms with Crippen LogP contribution in [0.4, 0.5) is 10.1 Å². The summed E-state index contributed by atoms with van der Waals surface area (Å²) in [6.07, 6.45) is 0. The fourth-order valence-electron chi connectivity index (χ4n) is 1.75. The van der Waals surface area contributed by atoms with Crippen molar-refractivity contribution in [2.45, 2.75) is 6.54 Å². The van der Waals surface area contributed by atoms with Crippen LogP contribution in [0.5, 0.6) is 5.75 Å². The molecule has 0 fully saturated rings. The molecule has 0 atom stereocenters. The van der Waals surface area contributed by atoms with E-state index in [4.69, 9.17) is 0 Å². The molecule has 1 amide bonds. The van der Waals surface area contributed by atoms with E-state index in [0.717, 1.165) is 18.2 Å². The predicted octanol–water partition coefficient (Wildman–Crippen LogP) is 2.37. The first-order chi connectivity index (χ1) is 9.97. The monoisotopic (exact) mass is 290 g/mol. The molecule has 0 saturated carbocycles. The number of nitrogens with one attached hydrogen (secondary N) is 1. The Hall–Kier alpha value is -2.96. The summed E-state index contributed by atoms with van der Waals surface area (Å²) in [5, 5.41) is 22.6. The zero-order valence-electron chi connectivity index (χ0n) is 10.7. The van der Waals surface area contributed by atoms with Crippen molar-refractivity contribution in [1.29, 1.82) is 0 Å². The second-order valence-corrected chi connectivity index (χ2v) is 4.27. The van der Waals surface area contributed by atoms with Gasteiger partial charge in [0.1, 0.15) is 11.6 Å². The Kier molecular flexibility index (Phi) is 4.13. The number of halogens is 1. The van der Waals surface area contributed by atoms with Crippen LogP contribution >= 0.6 is 0 Å². The van der Waals surface area contributed by atoms with Crippen LogP contribution in [0.25, 0.3) is 0 Å². The summed E-state index contributed by atoms with van der Waals surface area (Å²) in [5.74, 6) is -1.71. The summed E-state index contributed by atoms with van der Waals surface area (Å²) in [4.78, 5) is 21.9. The van der Waals surface area contributed by atoms with Crippen LogP contribution < -0.4 is 5.32 Å². The van der Waals surface area contributed by atoms with Gasteiger partial charge >= 0.3 is 0 Å². The number of benzene rings is 2. The summed E-state index contributed by atoms with van der Waals surface area (Å²) in [6.45, 7) is 0.0529. The van der Waals surface area contributed by atoms with E-state index >= 15 is 0 Å². The molecule has 2 rings (SSSR count). The highest BCUT2D eigenvalue weighted by Gasteiger charge is 2.12. The molecule has 108 valence electrons. The second kappa shape index (κ2) is 6.00. The third kappa shape index (κ3) is 3.53. The van der Waals surface area contributed by atoms with E-state index in [1.54, 1.807) is 6.07 Å². The Morgan fingerprint density at radius 1 is 1.29 bits per heavy atom. The predicted molar refractivity (Wildman–Crippen MR) is 72.3 cm³/mol. The third-order valence-corrected chi connectivity index (χ3v) is 2.78. The van der Waals surface area contributed by atoms with E-state index < -0.39 is 22.4 Å². The number of amides is 1. The highest BCUT2D eigenvalue weighted by atomic mass is 19.1. The minimum Gasteiger partial charge on any atom is -0.507 e. The lowest BCUT2D eigenvalue weighted by Gasteiger charge is -2.07. The lowest BCUT2D eigenvalue weighted by atomic mass is 10.1. The van der Waals surface area contributed by atoms with Crippen LogP contribution in [0.3, 0.4) is 0 Å². The molecule has 0 spiro atoms. The van der Waals surface area contributed by atoms with Crippen LogP contribution in [0.15, 0.2) is 42.5 Å². The smallest absolute Gasteiger partial charge is 0.269 e. The molecule has 0 saturated heterocycles. The summed E-state index contributed by atoms with van der Waals surface area (Å²) in [6, 6.07) is 8.87. The zero-order chi connectivity index (χ0) is 15.4. The van der Waals surface area contributed by atoms with Crippen molar-refractivity contribution in [3.8, 4) is 5.75 Å². The van der Waals surface area contributed by atoms with E-state index in [1.165, 1.54) is 18.2 Å². The maximum Gasteiger partial charge on any atom is 0.269 e. The number of nitrogens with zero attached hydrogens (tertiary/aromatic N) is 1. The van der Waals surface area contributed by atoms with Gasteiger partial charge in [0, 0.05) is 24.7 Å². The number of aromatic hydroxyl groups is 1. The summed E-state index contributed by atoms with van der Waals surface area (Å²) in [5.41, 5.74) is 0.396. The van der Waals surface area contributed by atoms with E-state index in [2.05, 4.69) is 5.32 Å². The van der Waals surface area contributed by atoms with Crippen molar-refractivity contribution in [2.24, 2.45) is 0 Å². The number of carbonyl (C=O) groups excluding carboxylic acids is 1. The summed E-state index contributed by atoms with van der Waals surface area (Å²) >= 11 is 0. The number of carbonyl (C=O) groups is 1. The van der Waals surface area contributed by atoms with Gasteiger partial charge < -0.3 is 10.4 Å². The average molecular weight is 290 g/mol. The fourth-order valence-corrected chi connectivity index (χ4v) is 1.75. The van der Waals surface area contributed by atoms with Crippen LogP contribution in [0, 0.1) is 15.9 Å². The lowest BCUT2D eigenvalue weighted by Crippen LogP contribution is -2.22. The molecule has 0 aliphatic heterocycles. The Morgan fingerprint density at radius 2 is 2.05 bits per heavy atom. The Morgan fingerprint density at radius 3 is 2.71 bits per heavy atom. The molecule has 0 aromatic heterocycles. The largest absolute Gasteiger partial charge is 0.507 e. The molecular formula is C14H11FN2O4. The van der Waals surface area contributed by atoms with Gasteiger partial charge in [0.25, 0.3) is 11.6 Å². The normalized spacial score (nSPS) is 10.1. The number of phenolic OH excluding ortho intramolecular Hbond substituents is 1. The van der Waals surface area contributed by atoms with Gasteiger partial charge in [-0.2, -0.15) is 0 Å². The van der Waals surface area contributed by atoms with Gasteiger partial charge in [0.2, 0.25) is 0 Å². The number of hydrogen-bond donors (Lipinski definition) is 2. The van der Waals surface area contributed by atoms with Crippen molar-refractivity contribution in [1.82, 2.24) is 5.32 Å². The van der Waals surface area contributed by atoms with Crippen molar-refractivity contribution in [3.63, 3.8) is 0 Å². The molecule has 2 aromatic rings. The third-order valence-electron chi connectivity index (χ3n) is 2.78. The molecule has 0 aliphatic rings. The highest BCUT2D eigenvalue weighted by molar-refractivity contribution is 5.96. The number of nitro benzene ring substituents is 1. The van der Waals surface area contributed by atoms with Crippen LogP contribution in [0.1, 0.15) is 15.9 Å². The number of rotatable bonds is 4. The van der Waals surface area contributed by atoms with Gasteiger partial charge in [-0.05, 0) is 17.7 Å². The van der Waals surface area contributed by atoms with Crippen LogP contribution in [-0.4, -0.2) is 15.9 Å². The SMILES string of the molecule is O=C(NCc1cccc([N+](=O)[O-])c1)c1ccc(F)cc1O. The first-order valence-electron chi connectivity index (χ1n) is 5.97. The summed E-state index contributed by atoms with van der Waals surface area (Å²) < 4.78 is 12.8. The first-order valence-corrected chi connectivity index (χ1v) is 5.97. The highest BCUT2D eigenvalue weighted by Crippen LogP contribution is 2.18. The average Bonchev–Trinajstić information content (AvgIpc) is 2.45. The first kappa shape index (κ1) is 14.4. The number of non-ortho nitro benzene ring substituents is 1. The molecule has 0 aliphatic carbocycles. The van der Waals surface area contributed by atoms with Crippen molar-refractivity contribution in [3.05, 3.63) is 69.5 Å². The maximum atomic E-state index is 12.8. The van der Waals surface area contributed by atoms with E-state index in [0.29, 0.717) is 5.56 Å². The molecule has 7 heteroatoms. The van der Waals surface area contributed by atoms with E-state index in [-0.39, 0.29) is 17.8 Å². The molecule has 0 heterocycles. The van der Waals surface area contributed by atoms with Crippen molar-refractivity contribution in [2.75, 3.05) is 0 Å². The van der Waals surface area contributed by atoms with Crippen LogP contribution in [0.2, 0.25) is 0 Å². The van der Waals surface area contributed by atoms with Crippen molar-refractivity contribution < 1.29 is 19.2 Å². The quantitative estimate of drug-likeness (QED) is 0.668. The van der Waals surface area contributed by atoms with Gasteiger partial charge in [0.15, 0.2) is 0 Å². The van der Waals surface area contributed by atoms with E-state index in [1.807, 2.05) is 0 Å². The van der Waals surface area contributed by atoms with E-state index in [9.17, 15) is 24.4 Å². The summed E-state index contributed by atoms with van der Waals surface area (Å²) in [7, 11) is 0. The number of hydrogen-bond acceptors (Lipinski definition) is 4. The van der Waals surface area contributed by atoms with Gasteiger partial charge in [-0.3, -0.25) is 14.9 Å². The molecule has 2 aromatic carbocycles. The van der Waals surface area contributed by atoms with Gasteiger partial charge in [-0.1, -0.05) is 12.1 Å². The molecular weight excluding hydrogens is 279 g/mol. The van der Waals surface area contributed by atoms with Crippen molar-refractivity contribution >= 4 is 11.6 Å². The Balaban J connectivity index is 2.07. The topological polar surface area (TPSA) is 92.5 Å². The maximum absolute atomic E-state index is 12.8. The Bertz CT molecular complexity index is 703. The zero-order valence-corrected chi connectivity index (χ0v) is 10.7. The molecule has 6 nitrogen and oxygen atoms in total. The van der Waals surface area contributed by atoms with Gasteiger partial charge in [-0.25, -0.2) is 4.39 Å². The number of nitro groups is 1. The molecule has 0 bridgehead atoms. The molecule has 2 N–H and O–H groups in total.